The van der Waals surface area contributed by atoms with Gasteiger partial charge in [-0.3, -0.25) is 4.79 Å². The Hall–Kier alpha value is -1.35. The van der Waals surface area contributed by atoms with Crippen LogP contribution in [0.25, 0.3) is 0 Å². The highest BCUT2D eigenvalue weighted by Gasteiger charge is 2.39. The zero-order valence-corrected chi connectivity index (χ0v) is 10.5. The summed E-state index contributed by atoms with van der Waals surface area (Å²) in [5.74, 6) is 0.152. The molecule has 1 atom stereocenters. The highest BCUT2D eigenvalue weighted by molar-refractivity contribution is 5.96. The Balaban J connectivity index is 2.14. The lowest BCUT2D eigenvalue weighted by molar-refractivity contribution is -0.124. The highest BCUT2D eigenvalue weighted by Crippen LogP contribution is 2.31. The summed E-state index contributed by atoms with van der Waals surface area (Å²) >= 11 is 0. The maximum atomic E-state index is 12.4. The van der Waals surface area contributed by atoms with Gasteiger partial charge in [-0.1, -0.05) is 25.1 Å². The van der Waals surface area contributed by atoms with E-state index in [0.717, 1.165) is 37.2 Å². The second-order valence-electron chi connectivity index (χ2n) is 4.83. The fraction of sp³-hybridized carbons (Fsp3) is 0.500. The van der Waals surface area contributed by atoms with Crippen molar-refractivity contribution < 1.29 is 4.79 Å². The third kappa shape index (κ3) is 2.34. The van der Waals surface area contributed by atoms with Crippen molar-refractivity contribution in [2.45, 2.75) is 26.7 Å². The maximum Gasteiger partial charge on any atom is 0.231 e. The minimum atomic E-state index is -0.220. The molecule has 0 saturated carbocycles. The lowest BCUT2D eigenvalue weighted by Crippen LogP contribution is -2.37. The summed E-state index contributed by atoms with van der Waals surface area (Å²) in [6.07, 6.45) is 1.82. The Bertz CT molecular complexity index is 408. The Morgan fingerprint density at radius 3 is 2.82 bits per heavy atom. The molecule has 1 fully saturated rings. The van der Waals surface area contributed by atoms with Gasteiger partial charge in [0.15, 0.2) is 0 Å². The molecule has 1 aromatic carbocycles. The van der Waals surface area contributed by atoms with E-state index in [0.29, 0.717) is 0 Å². The van der Waals surface area contributed by atoms with E-state index in [4.69, 9.17) is 0 Å². The van der Waals surface area contributed by atoms with Gasteiger partial charge >= 0.3 is 0 Å². The van der Waals surface area contributed by atoms with E-state index < -0.39 is 0 Å². The predicted molar refractivity (Wildman–Crippen MR) is 70.0 cm³/mol. The molecule has 0 spiro atoms. The first kappa shape index (κ1) is 12.1. The molecule has 3 heteroatoms. The van der Waals surface area contributed by atoms with Crippen LogP contribution in [0.5, 0.6) is 0 Å². The van der Waals surface area contributed by atoms with Gasteiger partial charge in [0.1, 0.15) is 0 Å². The maximum absolute atomic E-state index is 12.4. The Morgan fingerprint density at radius 2 is 2.24 bits per heavy atom. The van der Waals surface area contributed by atoms with Crippen LogP contribution in [0, 0.1) is 12.3 Å². The molecule has 92 valence electrons. The van der Waals surface area contributed by atoms with Crippen LogP contribution in [0.3, 0.4) is 0 Å². The van der Waals surface area contributed by atoms with Crippen LogP contribution in [-0.2, 0) is 4.79 Å². The Kier molecular flexibility index (Phi) is 3.48. The minimum absolute atomic E-state index is 0.152. The molecule has 1 aliphatic heterocycles. The van der Waals surface area contributed by atoms with Crippen molar-refractivity contribution in [3.05, 3.63) is 29.8 Å². The summed E-state index contributed by atoms with van der Waals surface area (Å²) < 4.78 is 0. The van der Waals surface area contributed by atoms with Crippen LogP contribution in [-0.4, -0.2) is 19.0 Å². The first-order chi connectivity index (χ1) is 8.18. The predicted octanol–water partition coefficient (Wildman–Crippen LogP) is 2.32. The Morgan fingerprint density at radius 1 is 1.47 bits per heavy atom. The molecular formula is C14H20N2O. The normalized spacial score (nSPS) is 23.6. The molecule has 0 bridgehead atoms. The van der Waals surface area contributed by atoms with Crippen LogP contribution in [0.2, 0.25) is 0 Å². The molecule has 3 nitrogen and oxygen atoms in total. The highest BCUT2D eigenvalue weighted by atomic mass is 16.2. The van der Waals surface area contributed by atoms with E-state index in [-0.39, 0.29) is 11.3 Å². The van der Waals surface area contributed by atoms with E-state index in [1.165, 1.54) is 0 Å². The fourth-order valence-electron chi connectivity index (χ4n) is 2.37. The fourth-order valence-corrected chi connectivity index (χ4v) is 2.37. The van der Waals surface area contributed by atoms with E-state index in [1.54, 1.807) is 0 Å². The number of para-hydroxylation sites is 1. The van der Waals surface area contributed by atoms with Crippen molar-refractivity contribution in [1.29, 1.82) is 0 Å². The number of hydrogen-bond donors (Lipinski definition) is 2. The molecule has 1 saturated heterocycles. The number of anilines is 1. The van der Waals surface area contributed by atoms with Crippen LogP contribution >= 0.6 is 0 Å². The molecule has 1 heterocycles. The number of carbonyl (C=O) groups excluding carboxylic acids is 1. The van der Waals surface area contributed by atoms with Crippen molar-refractivity contribution in [1.82, 2.24) is 5.32 Å². The molecule has 17 heavy (non-hydrogen) atoms. The van der Waals surface area contributed by atoms with Gasteiger partial charge in [-0.25, -0.2) is 0 Å². The number of nitrogens with one attached hydrogen (secondary N) is 2. The molecule has 1 aliphatic rings. The van der Waals surface area contributed by atoms with Gasteiger partial charge in [0.2, 0.25) is 5.91 Å². The number of amides is 1. The van der Waals surface area contributed by atoms with Crippen molar-refractivity contribution in [3.8, 4) is 0 Å². The first-order valence-corrected chi connectivity index (χ1v) is 6.26. The summed E-state index contributed by atoms with van der Waals surface area (Å²) in [5.41, 5.74) is 1.82. The van der Waals surface area contributed by atoms with Crippen LogP contribution in [0.1, 0.15) is 25.3 Å². The van der Waals surface area contributed by atoms with E-state index in [9.17, 15) is 4.79 Å². The van der Waals surface area contributed by atoms with Crippen molar-refractivity contribution >= 4 is 11.6 Å². The van der Waals surface area contributed by atoms with Gasteiger partial charge in [0, 0.05) is 12.2 Å². The molecule has 0 aliphatic carbocycles. The molecule has 0 aromatic heterocycles. The lowest BCUT2D eigenvalue weighted by Gasteiger charge is -2.25. The van der Waals surface area contributed by atoms with Gasteiger partial charge in [0.05, 0.1) is 5.41 Å². The van der Waals surface area contributed by atoms with Crippen LogP contribution < -0.4 is 10.6 Å². The van der Waals surface area contributed by atoms with Gasteiger partial charge in [-0.2, -0.15) is 0 Å². The van der Waals surface area contributed by atoms with Crippen molar-refractivity contribution in [2.75, 3.05) is 18.4 Å². The number of rotatable bonds is 3. The first-order valence-electron chi connectivity index (χ1n) is 6.26. The summed E-state index contributed by atoms with van der Waals surface area (Å²) in [6.45, 7) is 5.84. The van der Waals surface area contributed by atoms with Gasteiger partial charge < -0.3 is 10.6 Å². The standard InChI is InChI=1S/C14H20N2O/c1-3-14(8-9-15-10-14)13(17)16-12-7-5-4-6-11(12)2/h4-7,15H,3,8-10H2,1-2H3,(H,16,17). The molecule has 2 rings (SSSR count). The average Bonchev–Trinajstić information content (AvgIpc) is 2.82. The number of aryl methyl sites for hydroxylation is 1. The zero-order valence-electron chi connectivity index (χ0n) is 10.5. The second-order valence-corrected chi connectivity index (χ2v) is 4.83. The molecule has 0 radical (unpaired) electrons. The zero-order chi connectivity index (χ0) is 12.3. The third-order valence-corrected chi connectivity index (χ3v) is 3.80. The van der Waals surface area contributed by atoms with Crippen LogP contribution in [0.15, 0.2) is 24.3 Å². The quantitative estimate of drug-likeness (QED) is 0.839. The molecule has 1 unspecified atom stereocenters. The van der Waals surface area contributed by atoms with E-state index in [1.807, 2.05) is 31.2 Å². The van der Waals surface area contributed by atoms with Crippen molar-refractivity contribution in [2.24, 2.45) is 5.41 Å². The smallest absolute Gasteiger partial charge is 0.231 e. The Labute approximate surface area is 103 Å². The van der Waals surface area contributed by atoms with E-state index in [2.05, 4.69) is 17.6 Å². The van der Waals surface area contributed by atoms with Gasteiger partial charge in [0.25, 0.3) is 0 Å². The molecule has 1 amide bonds. The summed E-state index contributed by atoms with van der Waals surface area (Å²) in [4.78, 5) is 12.4. The number of hydrogen-bond acceptors (Lipinski definition) is 2. The number of benzene rings is 1. The largest absolute Gasteiger partial charge is 0.325 e. The SMILES string of the molecule is CCC1(C(=O)Nc2ccccc2C)CCNC1. The van der Waals surface area contributed by atoms with E-state index >= 15 is 0 Å². The molecule has 2 N–H and O–H groups in total. The minimum Gasteiger partial charge on any atom is -0.325 e. The topological polar surface area (TPSA) is 41.1 Å². The third-order valence-electron chi connectivity index (χ3n) is 3.80. The van der Waals surface area contributed by atoms with Gasteiger partial charge in [-0.05, 0) is 37.9 Å². The molecule has 1 aromatic rings. The molecular weight excluding hydrogens is 212 g/mol. The monoisotopic (exact) mass is 232 g/mol. The second kappa shape index (κ2) is 4.88. The summed E-state index contributed by atoms with van der Waals surface area (Å²) in [6, 6.07) is 7.91. The lowest BCUT2D eigenvalue weighted by atomic mass is 9.83. The van der Waals surface area contributed by atoms with Gasteiger partial charge in [-0.15, -0.1) is 0 Å². The summed E-state index contributed by atoms with van der Waals surface area (Å²) in [7, 11) is 0. The van der Waals surface area contributed by atoms with Crippen LogP contribution in [0.4, 0.5) is 5.69 Å². The average molecular weight is 232 g/mol. The number of carbonyl (C=O) groups is 1. The summed E-state index contributed by atoms with van der Waals surface area (Å²) in [5, 5.41) is 6.35. The van der Waals surface area contributed by atoms with Crippen molar-refractivity contribution in [3.63, 3.8) is 0 Å².